The minimum absolute atomic E-state index is 0.126. The zero-order chi connectivity index (χ0) is 14.7. The number of rotatable bonds is 3. The Morgan fingerprint density at radius 3 is 2.90 bits per heavy atom. The summed E-state index contributed by atoms with van der Waals surface area (Å²) in [4.78, 5) is 17.0. The average molecular weight is 287 g/mol. The second-order valence-corrected chi connectivity index (χ2v) is 4.96. The summed E-state index contributed by atoms with van der Waals surface area (Å²) in [7, 11) is 0. The Morgan fingerprint density at radius 2 is 2.35 bits per heavy atom. The van der Waals surface area contributed by atoms with Crippen molar-refractivity contribution in [1.29, 1.82) is 5.26 Å². The van der Waals surface area contributed by atoms with Crippen molar-refractivity contribution in [2.75, 3.05) is 12.3 Å². The predicted molar refractivity (Wildman–Crippen MR) is 77.4 cm³/mol. The lowest BCUT2D eigenvalue weighted by Crippen LogP contribution is -2.13. The summed E-state index contributed by atoms with van der Waals surface area (Å²) in [5.41, 5.74) is 7.28. The number of hydrogen-bond acceptors (Lipinski definition) is 6. The molecule has 0 saturated carbocycles. The van der Waals surface area contributed by atoms with Crippen LogP contribution in [0.4, 0.5) is 5.82 Å². The third-order valence-corrected chi connectivity index (χ3v) is 3.65. The summed E-state index contributed by atoms with van der Waals surface area (Å²) >= 11 is 1.43. The summed E-state index contributed by atoms with van der Waals surface area (Å²) in [6.45, 7) is 3.67. The van der Waals surface area contributed by atoms with Crippen molar-refractivity contribution in [3.8, 4) is 16.5 Å². The molecule has 2 heterocycles. The third kappa shape index (κ3) is 2.36. The number of aromatic nitrogens is 1. The Bertz CT molecular complexity index is 687. The highest BCUT2D eigenvalue weighted by atomic mass is 32.1. The molecular formula is C14H13N3O2S. The molecule has 0 bridgehead atoms. The van der Waals surface area contributed by atoms with Gasteiger partial charge in [0.15, 0.2) is 0 Å². The normalized spacial score (nSPS) is 10.1. The number of esters is 1. The summed E-state index contributed by atoms with van der Waals surface area (Å²) in [6, 6.07) is 5.71. The van der Waals surface area contributed by atoms with Crippen LogP contribution in [-0.4, -0.2) is 17.6 Å². The number of nitrogens with zero attached hydrogens (tertiary/aromatic N) is 2. The van der Waals surface area contributed by atoms with Crippen molar-refractivity contribution in [1.82, 2.24) is 4.98 Å². The van der Waals surface area contributed by atoms with Crippen LogP contribution < -0.4 is 5.73 Å². The first kappa shape index (κ1) is 14.0. The third-order valence-electron chi connectivity index (χ3n) is 2.77. The second-order valence-electron chi connectivity index (χ2n) is 4.02. The number of aryl methyl sites for hydroxylation is 1. The van der Waals surface area contributed by atoms with Crippen molar-refractivity contribution < 1.29 is 9.53 Å². The van der Waals surface area contributed by atoms with Crippen LogP contribution in [0.5, 0.6) is 0 Å². The van der Waals surface area contributed by atoms with Crippen molar-refractivity contribution in [3.05, 3.63) is 34.3 Å². The van der Waals surface area contributed by atoms with Gasteiger partial charge in [0.1, 0.15) is 17.5 Å². The molecule has 0 aliphatic rings. The molecule has 102 valence electrons. The van der Waals surface area contributed by atoms with Gasteiger partial charge in [-0.1, -0.05) is 6.07 Å². The maximum Gasteiger partial charge on any atom is 0.340 e. The van der Waals surface area contributed by atoms with Gasteiger partial charge in [0.25, 0.3) is 0 Å². The van der Waals surface area contributed by atoms with Crippen LogP contribution in [0.25, 0.3) is 10.4 Å². The molecule has 20 heavy (non-hydrogen) atoms. The molecule has 0 atom stereocenters. The predicted octanol–water partition coefficient (Wildman–Crippen LogP) is 2.75. The Morgan fingerprint density at radius 1 is 1.60 bits per heavy atom. The first-order valence-electron chi connectivity index (χ1n) is 6.01. The molecule has 5 nitrogen and oxygen atoms in total. The molecular weight excluding hydrogens is 274 g/mol. The summed E-state index contributed by atoms with van der Waals surface area (Å²) in [5, 5.41) is 11.2. The number of anilines is 1. The quantitative estimate of drug-likeness (QED) is 0.877. The number of carbonyl (C=O) groups is 1. The number of thiophene rings is 1. The molecule has 0 amide bonds. The Kier molecular flexibility index (Phi) is 4.01. The van der Waals surface area contributed by atoms with E-state index in [9.17, 15) is 10.1 Å². The number of nitriles is 1. The van der Waals surface area contributed by atoms with E-state index in [-0.39, 0.29) is 18.0 Å². The minimum Gasteiger partial charge on any atom is -0.462 e. The van der Waals surface area contributed by atoms with Gasteiger partial charge in [-0.05, 0) is 25.3 Å². The van der Waals surface area contributed by atoms with Gasteiger partial charge in [-0.15, -0.1) is 11.3 Å². The van der Waals surface area contributed by atoms with Crippen molar-refractivity contribution in [2.24, 2.45) is 0 Å². The van der Waals surface area contributed by atoms with Crippen LogP contribution in [0.1, 0.15) is 28.5 Å². The molecule has 0 radical (unpaired) electrons. The number of pyridine rings is 1. The Hall–Kier alpha value is -2.39. The van der Waals surface area contributed by atoms with Gasteiger partial charge < -0.3 is 10.5 Å². The number of nitrogens with two attached hydrogens (primary N) is 1. The van der Waals surface area contributed by atoms with Crippen LogP contribution >= 0.6 is 11.3 Å². The van der Waals surface area contributed by atoms with Crippen LogP contribution in [0.2, 0.25) is 0 Å². The van der Waals surface area contributed by atoms with Crippen LogP contribution in [-0.2, 0) is 4.74 Å². The SMILES string of the molecule is CCOC(=O)c1c(C)nc(N)c(C#N)c1-c1cccs1. The summed E-state index contributed by atoms with van der Waals surface area (Å²) in [5.74, 6) is -0.362. The molecule has 6 heteroatoms. The lowest BCUT2D eigenvalue weighted by Gasteiger charge is -2.13. The molecule has 0 spiro atoms. The van der Waals surface area contributed by atoms with E-state index in [0.29, 0.717) is 16.8 Å². The number of carbonyl (C=O) groups excluding carboxylic acids is 1. The van der Waals surface area contributed by atoms with Gasteiger partial charge in [-0.3, -0.25) is 0 Å². The molecule has 2 aromatic heterocycles. The highest BCUT2D eigenvalue weighted by molar-refractivity contribution is 7.13. The van der Waals surface area contributed by atoms with Gasteiger partial charge in [0.2, 0.25) is 0 Å². The Balaban J connectivity index is 2.79. The van der Waals surface area contributed by atoms with Crippen molar-refractivity contribution >= 4 is 23.1 Å². The number of ether oxygens (including phenoxy) is 1. The number of nitrogen functional groups attached to an aromatic ring is 1. The molecule has 0 saturated heterocycles. The molecule has 2 aromatic rings. The zero-order valence-corrected chi connectivity index (χ0v) is 12.0. The van der Waals surface area contributed by atoms with Crippen LogP contribution in [0.15, 0.2) is 17.5 Å². The van der Waals surface area contributed by atoms with E-state index in [1.807, 2.05) is 23.6 Å². The smallest absolute Gasteiger partial charge is 0.340 e. The zero-order valence-electron chi connectivity index (χ0n) is 11.1. The van der Waals surface area contributed by atoms with Crippen LogP contribution in [0, 0.1) is 18.3 Å². The molecule has 2 N–H and O–H groups in total. The van der Waals surface area contributed by atoms with Crippen LogP contribution in [0.3, 0.4) is 0 Å². The number of hydrogen-bond donors (Lipinski definition) is 1. The fourth-order valence-corrected chi connectivity index (χ4v) is 2.74. The maximum absolute atomic E-state index is 12.2. The monoisotopic (exact) mass is 287 g/mol. The van der Waals surface area contributed by atoms with E-state index in [1.54, 1.807) is 13.8 Å². The van der Waals surface area contributed by atoms with E-state index in [0.717, 1.165) is 4.88 Å². The molecule has 0 aliphatic heterocycles. The van der Waals surface area contributed by atoms with E-state index in [1.165, 1.54) is 11.3 Å². The summed E-state index contributed by atoms with van der Waals surface area (Å²) in [6.07, 6.45) is 0. The van der Waals surface area contributed by atoms with Crippen molar-refractivity contribution in [3.63, 3.8) is 0 Å². The summed E-state index contributed by atoms with van der Waals surface area (Å²) < 4.78 is 5.06. The fraction of sp³-hybridized carbons (Fsp3) is 0.214. The van der Waals surface area contributed by atoms with Crippen molar-refractivity contribution in [2.45, 2.75) is 13.8 Å². The van der Waals surface area contributed by atoms with Gasteiger partial charge >= 0.3 is 5.97 Å². The van der Waals surface area contributed by atoms with Gasteiger partial charge in [-0.2, -0.15) is 5.26 Å². The molecule has 0 aliphatic carbocycles. The second kappa shape index (κ2) is 5.72. The van der Waals surface area contributed by atoms with E-state index in [4.69, 9.17) is 10.5 Å². The highest BCUT2D eigenvalue weighted by Crippen LogP contribution is 2.35. The lowest BCUT2D eigenvalue weighted by molar-refractivity contribution is 0.0526. The molecule has 0 aromatic carbocycles. The lowest BCUT2D eigenvalue weighted by atomic mass is 9.99. The largest absolute Gasteiger partial charge is 0.462 e. The van der Waals surface area contributed by atoms with E-state index >= 15 is 0 Å². The molecule has 2 rings (SSSR count). The maximum atomic E-state index is 12.2. The Labute approximate surface area is 120 Å². The van der Waals surface area contributed by atoms with Gasteiger partial charge in [0, 0.05) is 10.4 Å². The van der Waals surface area contributed by atoms with Gasteiger partial charge in [-0.25, -0.2) is 9.78 Å². The van der Waals surface area contributed by atoms with E-state index in [2.05, 4.69) is 4.98 Å². The molecule has 0 unspecified atom stereocenters. The topological polar surface area (TPSA) is 89.0 Å². The first-order valence-corrected chi connectivity index (χ1v) is 6.89. The van der Waals surface area contributed by atoms with Gasteiger partial charge in [0.05, 0.1) is 17.9 Å². The van der Waals surface area contributed by atoms with E-state index < -0.39 is 5.97 Å². The minimum atomic E-state index is -0.489. The first-order chi connectivity index (χ1) is 9.60. The fourth-order valence-electron chi connectivity index (χ4n) is 1.96. The standard InChI is InChI=1S/C14H13N3O2S/c1-3-19-14(18)11-8(2)17-13(16)9(7-15)12(11)10-5-4-6-20-10/h4-6H,3H2,1-2H3,(H2,16,17). The average Bonchev–Trinajstić information content (AvgIpc) is 2.91. The molecule has 0 fully saturated rings. The highest BCUT2D eigenvalue weighted by Gasteiger charge is 2.24.